The lowest BCUT2D eigenvalue weighted by Gasteiger charge is -2.13. The molecular formula is C25H22Br2N2O6. The average Bonchev–Trinajstić information content (AvgIpc) is 2.86. The van der Waals surface area contributed by atoms with Crippen LogP contribution < -0.4 is 24.4 Å². The van der Waals surface area contributed by atoms with E-state index in [-0.39, 0.29) is 11.3 Å². The number of hydrogen-bond donors (Lipinski definition) is 1. The lowest BCUT2D eigenvalue weighted by Crippen LogP contribution is -2.33. The van der Waals surface area contributed by atoms with Crippen LogP contribution in [0, 0.1) is 0 Å². The predicted molar refractivity (Wildman–Crippen MR) is 139 cm³/mol. The molecule has 182 valence electrons. The van der Waals surface area contributed by atoms with Gasteiger partial charge in [0.2, 0.25) is 0 Å². The van der Waals surface area contributed by atoms with E-state index in [0.717, 1.165) is 8.95 Å². The number of carbonyl (C=O) groups is 2. The van der Waals surface area contributed by atoms with Crippen LogP contribution in [0.3, 0.4) is 0 Å². The van der Waals surface area contributed by atoms with Crippen molar-refractivity contribution >= 4 is 50.0 Å². The summed E-state index contributed by atoms with van der Waals surface area (Å²) in [5.41, 5.74) is 3.18. The van der Waals surface area contributed by atoms with E-state index in [2.05, 4.69) is 42.4 Å². The van der Waals surface area contributed by atoms with E-state index < -0.39 is 18.0 Å². The van der Waals surface area contributed by atoms with Gasteiger partial charge in [-0.1, -0.05) is 31.9 Å². The van der Waals surface area contributed by atoms with Crippen LogP contribution in [-0.2, 0) is 4.79 Å². The van der Waals surface area contributed by atoms with Gasteiger partial charge in [-0.25, -0.2) is 10.2 Å². The molecule has 1 unspecified atom stereocenters. The van der Waals surface area contributed by atoms with Crippen LogP contribution in [0.5, 0.6) is 23.0 Å². The number of hydrogen-bond acceptors (Lipinski definition) is 7. The number of methoxy groups -OCH3 is 2. The lowest BCUT2D eigenvalue weighted by molar-refractivity contribution is -0.127. The molecule has 0 heterocycles. The molecule has 35 heavy (non-hydrogen) atoms. The zero-order chi connectivity index (χ0) is 25.4. The van der Waals surface area contributed by atoms with Crippen LogP contribution in [0.15, 0.2) is 74.7 Å². The number of hydrazone groups is 1. The summed E-state index contributed by atoms with van der Waals surface area (Å²) in [6.45, 7) is 1.61. The van der Waals surface area contributed by atoms with Crippen molar-refractivity contribution in [2.24, 2.45) is 5.10 Å². The van der Waals surface area contributed by atoms with Crippen LogP contribution in [0.4, 0.5) is 0 Å². The number of benzene rings is 3. The first-order valence-corrected chi connectivity index (χ1v) is 11.9. The number of rotatable bonds is 9. The normalized spacial score (nSPS) is 11.6. The number of halogens is 2. The molecule has 1 atom stereocenters. The lowest BCUT2D eigenvalue weighted by atomic mass is 10.2. The zero-order valence-corrected chi connectivity index (χ0v) is 22.3. The first kappa shape index (κ1) is 26.2. The summed E-state index contributed by atoms with van der Waals surface area (Å²) < 4.78 is 23.3. The molecule has 1 N–H and O–H groups in total. The minimum atomic E-state index is -0.779. The quantitative estimate of drug-likeness (QED) is 0.153. The molecule has 0 aliphatic rings. The summed E-state index contributed by atoms with van der Waals surface area (Å²) >= 11 is 6.73. The smallest absolute Gasteiger partial charge is 0.343 e. The molecule has 3 rings (SSSR count). The summed E-state index contributed by atoms with van der Waals surface area (Å²) in [5.74, 6) is 0.671. The van der Waals surface area contributed by atoms with Gasteiger partial charge in [-0.3, -0.25) is 4.79 Å². The molecule has 0 saturated carbocycles. The molecule has 8 nitrogen and oxygen atoms in total. The van der Waals surface area contributed by atoms with E-state index >= 15 is 0 Å². The molecule has 0 aliphatic carbocycles. The van der Waals surface area contributed by atoms with Gasteiger partial charge in [-0.2, -0.15) is 5.10 Å². The van der Waals surface area contributed by atoms with Crippen molar-refractivity contribution in [2.75, 3.05) is 14.2 Å². The summed E-state index contributed by atoms with van der Waals surface area (Å²) in [5, 5.41) is 3.99. The third-order valence-electron chi connectivity index (χ3n) is 4.67. The summed E-state index contributed by atoms with van der Waals surface area (Å²) in [4.78, 5) is 25.1. The van der Waals surface area contributed by atoms with Crippen LogP contribution >= 0.6 is 31.9 Å². The van der Waals surface area contributed by atoms with Crippen molar-refractivity contribution in [2.45, 2.75) is 13.0 Å². The predicted octanol–water partition coefficient (Wildman–Crippen LogP) is 5.37. The second-order valence-electron chi connectivity index (χ2n) is 7.09. The highest BCUT2D eigenvalue weighted by atomic mass is 79.9. The maximum atomic E-state index is 12.7. The van der Waals surface area contributed by atoms with Gasteiger partial charge in [0.25, 0.3) is 5.91 Å². The van der Waals surface area contributed by atoms with Gasteiger partial charge in [0, 0.05) is 14.5 Å². The Bertz CT molecular complexity index is 1230. The highest BCUT2D eigenvalue weighted by Gasteiger charge is 2.16. The molecule has 0 radical (unpaired) electrons. The van der Waals surface area contributed by atoms with Crippen LogP contribution in [-0.4, -0.2) is 38.4 Å². The van der Waals surface area contributed by atoms with Crippen molar-refractivity contribution in [3.05, 3.63) is 80.7 Å². The van der Waals surface area contributed by atoms with Gasteiger partial charge in [0.05, 0.1) is 26.0 Å². The second-order valence-corrected chi connectivity index (χ2v) is 8.92. The molecule has 0 fully saturated rings. The number of ether oxygens (including phenoxy) is 4. The molecule has 0 saturated heterocycles. The summed E-state index contributed by atoms with van der Waals surface area (Å²) in [6, 6.07) is 16.9. The van der Waals surface area contributed by atoms with Crippen molar-refractivity contribution in [1.29, 1.82) is 0 Å². The SMILES string of the molecule is COc1ccc(C(=O)Oc2ccc(Br)cc2C=NNC(=O)C(C)Oc2ccc(Br)cc2)cc1OC. The fourth-order valence-corrected chi connectivity index (χ4v) is 3.51. The molecule has 0 aromatic heterocycles. The van der Waals surface area contributed by atoms with Gasteiger partial charge in [-0.05, 0) is 67.6 Å². The molecule has 0 bridgehead atoms. The molecule has 10 heteroatoms. The van der Waals surface area contributed by atoms with Gasteiger partial charge in [-0.15, -0.1) is 0 Å². The van der Waals surface area contributed by atoms with Gasteiger partial charge >= 0.3 is 5.97 Å². The van der Waals surface area contributed by atoms with Crippen molar-refractivity contribution in [3.63, 3.8) is 0 Å². The molecular weight excluding hydrogens is 584 g/mol. The average molecular weight is 606 g/mol. The third kappa shape index (κ3) is 7.30. The van der Waals surface area contributed by atoms with E-state index in [4.69, 9.17) is 18.9 Å². The minimum absolute atomic E-state index is 0.255. The summed E-state index contributed by atoms with van der Waals surface area (Å²) in [7, 11) is 2.99. The second kappa shape index (κ2) is 12.4. The zero-order valence-electron chi connectivity index (χ0n) is 19.1. The molecule has 0 spiro atoms. The number of nitrogens with one attached hydrogen (secondary N) is 1. The largest absolute Gasteiger partial charge is 0.493 e. The van der Waals surface area contributed by atoms with Crippen molar-refractivity contribution in [1.82, 2.24) is 5.43 Å². The number of nitrogens with zero attached hydrogens (tertiary/aromatic N) is 1. The first-order chi connectivity index (χ1) is 16.8. The third-order valence-corrected chi connectivity index (χ3v) is 5.69. The van der Waals surface area contributed by atoms with Gasteiger partial charge in [0.1, 0.15) is 11.5 Å². The van der Waals surface area contributed by atoms with E-state index in [1.54, 1.807) is 49.4 Å². The van der Waals surface area contributed by atoms with Gasteiger partial charge in [0.15, 0.2) is 17.6 Å². The first-order valence-electron chi connectivity index (χ1n) is 10.3. The number of amides is 1. The van der Waals surface area contributed by atoms with E-state index in [0.29, 0.717) is 22.8 Å². The Morgan fingerprint density at radius 3 is 2.23 bits per heavy atom. The maximum Gasteiger partial charge on any atom is 0.343 e. The monoisotopic (exact) mass is 604 g/mol. The standard InChI is InChI=1S/C25H22Br2N2O6/c1-15(34-20-8-5-18(26)6-9-20)24(30)29-28-14-17-12-19(27)7-11-21(17)35-25(31)16-4-10-22(32-2)23(13-16)33-3/h4-15H,1-3H3,(H,29,30). The highest BCUT2D eigenvalue weighted by Crippen LogP contribution is 2.29. The number of esters is 1. The topological polar surface area (TPSA) is 95.5 Å². The molecule has 1 amide bonds. The van der Waals surface area contributed by atoms with Crippen molar-refractivity contribution in [3.8, 4) is 23.0 Å². The molecule has 3 aromatic carbocycles. The maximum absolute atomic E-state index is 12.7. The Morgan fingerprint density at radius 2 is 1.54 bits per heavy atom. The van der Waals surface area contributed by atoms with Gasteiger partial charge < -0.3 is 18.9 Å². The Morgan fingerprint density at radius 1 is 0.886 bits per heavy atom. The Kier molecular flexibility index (Phi) is 9.27. The minimum Gasteiger partial charge on any atom is -0.493 e. The fraction of sp³-hybridized carbons (Fsp3) is 0.160. The van der Waals surface area contributed by atoms with E-state index in [1.165, 1.54) is 26.5 Å². The molecule has 0 aliphatic heterocycles. The Labute approximate surface area is 219 Å². The fourth-order valence-electron chi connectivity index (χ4n) is 2.86. The number of carbonyl (C=O) groups excluding carboxylic acids is 2. The Hall–Kier alpha value is -3.37. The van der Waals surface area contributed by atoms with Crippen LogP contribution in [0.25, 0.3) is 0 Å². The highest BCUT2D eigenvalue weighted by molar-refractivity contribution is 9.10. The van der Waals surface area contributed by atoms with Crippen molar-refractivity contribution < 1.29 is 28.5 Å². The van der Waals surface area contributed by atoms with Crippen LogP contribution in [0.2, 0.25) is 0 Å². The summed E-state index contributed by atoms with van der Waals surface area (Å²) in [6.07, 6.45) is 0.602. The Balaban J connectivity index is 1.68. The van der Waals surface area contributed by atoms with E-state index in [9.17, 15) is 9.59 Å². The van der Waals surface area contributed by atoms with E-state index in [1.807, 2.05) is 12.1 Å². The van der Waals surface area contributed by atoms with Crippen LogP contribution in [0.1, 0.15) is 22.8 Å². The molecule has 3 aromatic rings.